The summed E-state index contributed by atoms with van der Waals surface area (Å²) in [6.45, 7) is 3.67. The number of nitrogens with two attached hydrogens (primary N) is 1. The van der Waals surface area contributed by atoms with Crippen LogP contribution in [0.3, 0.4) is 0 Å². The maximum Gasteiger partial charge on any atom is 0.223 e. The zero-order valence-corrected chi connectivity index (χ0v) is 10.6. The van der Waals surface area contributed by atoms with Crippen LogP contribution in [0.1, 0.15) is 46.0 Å². The Labute approximate surface area is 102 Å². The van der Waals surface area contributed by atoms with Gasteiger partial charge in [0.25, 0.3) is 0 Å². The lowest BCUT2D eigenvalue weighted by atomic mass is 9.83. The van der Waals surface area contributed by atoms with Gasteiger partial charge in [-0.3, -0.25) is 4.79 Å². The van der Waals surface area contributed by atoms with Gasteiger partial charge in [-0.15, -0.1) is 0 Å². The number of carbonyl (C=O) groups is 1. The second kappa shape index (κ2) is 6.47. The maximum absolute atomic E-state index is 11.7. The minimum atomic E-state index is -0.324. The lowest BCUT2D eigenvalue weighted by Crippen LogP contribution is -2.50. The minimum Gasteiger partial charge on any atom is -0.409 e. The van der Waals surface area contributed by atoms with Crippen LogP contribution < -0.4 is 11.1 Å². The van der Waals surface area contributed by atoms with E-state index < -0.39 is 0 Å². The van der Waals surface area contributed by atoms with Crippen molar-refractivity contribution in [3.63, 3.8) is 0 Å². The van der Waals surface area contributed by atoms with Crippen LogP contribution in [0.25, 0.3) is 0 Å². The highest BCUT2D eigenvalue weighted by Crippen LogP contribution is 2.26. The average Bonchev–Trinajstić information content (AvgIpc) is 2.35. The van der Waals surface area contributed by atoms with E-state index in [0.717, 1.165) is 25.7 Å². The van der Waals surface area contributed by atoms with Crippen LogP contribution in [-0.4, -0.2) is 23.0 Å². The Hall–Kier alpha value is -1.26. The molecule has 0 radical (unpaired) electrons. The van der Waals surface area contributed by atoms with E-state index in [2.05, 4.69) is 10.5 Å². The zero-order valence-electron chi connectivity index (χ0n) is 10.6. The van der Waals surface area contributed by atoms with Crippen LogP contribution in [0, 0.1) is 11.8 Å². The summed E-state index contributed by atoms with van der Waals surface area (Å²) in [6.07, 6.45) is 5.59. The summed E-state index contributed by atoms with van der Waals surface area (Å²) in [5, 5.41) is 14.7. The Morgan fingerprint density at radius 1 is 1.35 bits per heavy atom. The topological polar surface area (TPSA) is 87.7 Å². The van der Waals surface area contributed by atoms with Gasteiger partial charge in [-0.2, -0.15) is 0 Å². The number of rotatable bonds is 4. The molecule has 4 N–H and O–H groups in total. The molecule has 1 amide bonds. The first-order valence-electron chi connectivity index (χ1n) is 6.34. The van der Waals surface area contributed by atoms with Crippen LogP contribution in [0.5, 0.6) is 0 Å². The SMILES string of the molecule is CC(C)C(=O)NC(/C(N)=N/O)C1CCCCC1. The van der Waals surface area contributed by atoms with Gasteiger partial charge in [0.15, 0.2) is 5.84 Å². The molecular weight excluding hydrogens is 218 g/mol. The van der Waals surface area contributed by atoms with Crippen molar-refractivity contribution in [1.29, 1.82) is 0 Å². The Morgan fingerprint density at radius 3 is 2.41 bits per heavy atom. The number of amides is 1. The monoisotopic (exact) mass is 241 g/mol. The van der Waals surface area contributed by atoms with Gasteiger partial charge in [0.05, 0.1) is 6.04 Å². The molecule has 1 saturated carbocycles. The number of carbonyl (C=O) groups excluding carboxylic acids is 1. The van der Waals surface area contributed by atoms with Crippen LogP contribution >= 0.6 is 0 Å². The molecule has 0 aromatic heterocycles. The first-order chi connectivity index (χ1) is 8.06. The van der Waals surface area contributed by atoms with Gasteiger partial charge in [0, 0.05) is 5.92 Å². The Balaban J connectivity index is 2.69. The Bertz CT molecular complexity index is 283. The average molecular weight is 241 g/mol. The van der Waals surface area contributed by atoms with Gasteiger partial charge in [-0.05, 0) is 18.8 Å². The quantitative estimate of drug-likeness (QED) is 0.301. The van der Waals surface area contributed by atoms with Crippen molar-refractivity contribution < 1.29 is 10.0 Å². The highest BCUT2D eigenvalue weighted by molar-refractivity contribution is 5.90. The Morgan fingerprint density at radius 2 is 1.94 bits per heavy atom. The second-order valence-corrected chi connectivity index (χ2v) is 5.06. The van der Waals surface area contributed by atoms with E-state index >= 15 is 0 Å². The molecule has 17 heavy (non-hydrogen) atoms. The third-order valence-electron chi connectivity index (χ3n) is 3.38. The fourth-order valence-corrected chi connectivity index (χ4v) is 2.28. The molecule has 0 aromatic rings. The van der Waals surface area contributed by atoms with Crippen LogP contribution in [0.15, 0.2) is 5.16 Å². The molecule has 0 bridgehead atoms. The Kier molecular flexibility index (Phi) is 5.25. The molecule has 1 rings (SSSR count). The number of oxime groups is 1. The van der Waals surface area contributed by atoms with Gasteiger partial charge in [-0.1, -0.05) is 38.3 Å². The van der Waals surface area contributed by atoms with Gasteiger partial charge >= 0.3 is 0 Å². The van der Waals surface area contributed by atoms with E-state index in [1.54, 1.807) is 0 Å². The number of hydrogen-bond acceptors (Lipinski definition) is 3. The van der Waals surface area contributed by atoms with E-state index in [1.807, 2.05) is 13.8 Å². The lowest BCUT2D eigenvalue weighted by Gasteiger charge is -2.30. The maximum atomic E-state index is 11.7. The molecule has 5 heteroatoms. The minimum absolute atomic E-state index is 0.0489. The van der Waals surface area contributed by atoms with Crippen LogP contribution in [0.4, 0.5) is 0 Å². The second-order valence-electron chi connectivity index (χ2n) is 5.06. The third-order valence-corrected chi connectivity index (χ3v) is 3.38. The standard InChI is InChI=1S/C12H23N3O2/c1-8(2)12(16)14-10(11(13)15-17)9-6-4-3-5-7-9/h8-10,17H,3-7H2,1-2H3,(H2,13,15)(H,14,16). The van der Waals surface area contributed by atoms with Crippen molar-refractivity contribution in [2.24, 2.45) is 22.7 Å². The summed E-state index contributed by atoms with van der Waals surface area (Å²) in [5.41, 5.74) is 5.68. The molecule has 0 saturated heterocycles. The van der Waals surface area contributed by atoms with Crippen molar-refractivity contribution in [3.05, 3.63) is 0 Å². The van der Waals surface area contributed by atoms with E-state index in [-0.39, 0.29) is 23.7 Å². The fourth-order valence-electron chi connectivity index (χ4n) is 2.28. The summed E-state index contributed by atoms with van der Waals surface area (Å²) in [4.78, 5) is 11.7. The van der Waals surface area contributed by atoms with Crippen LogP contribution in [0.2, 0.25) is 0 Å². The summed E-state index contributed by atoms with van der Waals surface area (Å²) in [5.74, 6) is 0.271. The normalized spacial score (nSPS) is 20.3. The lowest BCUT2D eigenvalue weighted by molar-refractivity contribution is -0.124. The largest absolute Gasteiger partial charge is 0.409 e. The van der Waals surface area contributed by atoms with Crippen molar-refractivity contribution in [2.45, 2.75) is 52.0 Å². The van der Waals surface area contributed by atoms with Gasteiger partial charge in [-0.25, -0.2) is 0 Å². The molecule has 0 spiro atoms. The number of nitrogens with one attached hydrogen (secondary N) is 1. The molecule has 5 nitrogen and oxygen atoms in total. The van der Waals surface area contributed by atoms with Crippen molar-refractivity contribution in [1.82, 2.24) is 5.32 Å². The smallest absolute Gasteiger partial charge is 0.223 e. The molecule has 1 atom stereocenters. The molecule has 0 aromatic carbocycles. The van der Waals surface area contributed by atoms with Gasteiger partial charge in [0.2, 0.25) is 5.91 Å². The highest BCUT2D eigenvalue weighted by Gasteiger charge is 2.28. The van der Waals surface area contributed by atoms with Gasteiger partial charge in [0.1, 0.15) is 0 Å². The fraction of sp³-hybridized carbons (Fsp3) is 0.833. The summed E-state index contributed by atoms with van der Waals surface area (Å²) < 4.78 is 0. The number of nitrogens with zero attached hydrogens (tertiary/aromatic N) is 1. The van der Waals surface area contributed by atoms with E-state index in [0.29, 0.717) is 5.92 Å². The predicted octanol–water partition coefficient (Wildman–Crippen LogP) is 1.45. The zero-order chi connectivity index (χ0) is 12.8. The molecule has 1 unspecified atom stereocenters. The van der Waals surface area contributed by atoms with Gasteiger partial charge < -0.3 is 16.3 Å². The summed E-state index contributed by atoms with van der Waals surface area (Å²) in [6, 6.07) is -0.324. The molecule has 1 aliphatic carbocycles. The van der Waals surface area contributed by atoms with E-state index in [9.17, 15) is 4.79 Å². The van der Waals surface area contributed by atoms with E-state index in [4.69, 9.17) is 10.9 Å². The molecule has 0 heterocycles. The third kappa shape index (κ3) is 3.91. The first-order valence-corrected chi connectivity index (χ1v) is 6.34. The van der Waals surface area contributed by atoms with E-state index in [1.165, 1.54) is 6.42 Å². The number of amidine groups is 1. The molecule has 1 aliphatic rings. The predicted molar refractivity (Wildman–Crippen MR) is 66.8 cm³/mol. The highest BCUT2D eigenvalue weighted by atomic mass is 16.4. The molecular formula is C12H23N3O2. The summed E-state index contributed by atoms with van der Waals surface area (Å²) >= 11 is 0. The summed E-state index contributed by atoms with van der Waals surface area (Å²) in [7, 11) is 0. The van der Waals surface area contributed by atoms with Crippen LogP contribution in [-0.2, 0) is 4.79 Å². The molecule has 98 valence electrons. The molecule has 0 aliphatic heterocycles. The molecule has 1 fully saturated rings. The van der Waals surface area contributed by atoms with Crippen molar-refractivity contribution in [3.8, 4) is 0 Å². The number of hydrogen-bond donors (Lipinski definition) is 3. The first kappa shape index (κ1) is 13.8. The van der Waals surface area contributed by atoms with Crippen molar-refractivity contribution in [2.75, 3.05) is 0 Å². The van der Waals surface area contributed by atoms with Crippen molar-refractivity contribution >= 4 is 11.7 Å².